The van der Waals surface area contributed by atoms with Crippen LogP contribution in [0.4, 0.5) is 10.5 Å². The molecule has 1 fully saturated rings. The second kappa shape index (κ2) is 6.58. The summed E-state index contributed by atoms with van der Waals surface area (Å²) in [5, 5.41) is 21.5. The number of para-hydroxylation sites is 1. The zero-order valence-corrected chi connectivity index (χ0v) is 12.0. The number of urea groups is 1. The van der Waals surface area contributed by atoms with Gasteiger partial charge >= 0.3 is 12.0 Å². The lowest BCUT2D eigenvalue weighted by atomic mass is 10.1. The highest BCUT2D eigenvalue weighted by Gasteiger charge is 2.39. The number of hydrogen-bond donors (Lipinski definition) is 3. The largest absolute Gasteiger partial charge is 0.480 e. The maximum Gasteiger partial charge on any atom is 0.326 e. The first-order chi connectivity index (χ1) is 10.0. The predicted octanol–water partition coefficient (Wildman–Crippen LogP) is 1.69. The van der Waals surface area contributed by atoms with Crippen LogP contribution in [-0.4, -0.2) is 45.8 Å². The second-order valence-electron chi connectivity index (χ2n) is 5.23. The van der Waals surface area contributed by atoms with Gasteiger partial charge < -0.3 is 20.4 Å². The van der Waals surface area contributed by atoms with Gasteiger partial charge in [0.15, 0.2) is 0 Å². The van der Waals surface area contributed by atoms with E-state index in [1.54, 1.807) is 6.07 Å². The number of carbonyl (C=O) groups is 2. The maximum absolute atomic E-state index is 12.3. The molecule has 1 saturated heterocycles. The Balaban J connectivity index is 2.12. The Labute approximate surface area is 123 Å². The van der Waals surface area contributed by atoms with E-state index in [1.807, 2.05) is 18.2 Å². The van der Waals surface area contributed by atoms with Crippen LogP contribution in [0.3, 0.4) is 0 Å². The number of benzene rings is 1. The third-order valence-electron chi connectivity index (χ3n) is 3.60. The van der Waals surface area contributed by atoms with Crippen LogP contribution in [0.5, 0.6) is 0 Å². The molecule has 21 heavy (non-hydrogen) atoms. The van der Waals surface area contributed by atoms with Crippen molar-refractivity contribution in [2.45, 2.75) is 38.3 Å². The Kier molecular flexibility index (Phi) is 4.80. The first-order valence-electron chi connectivity index (χ1n) is 7.09. The molecule has 0 spiro atoms. The first-order valence-corrected chi connectivity index (χ1v) is 7.09. The predicted molar refractivity (Wildman–Crippen MR) is 78.2 cm³/mol. The summed E-state index contributed by atoms with van der Waals surface area (Å²) in [6.07, 6.45) is 1.07. The molecule has 1 aromatic carbocycles. The summed E-state index contributed by atoms with van der Waals surface area (Å²) in [6, 6.07) is 6.00. The molecule has 0 aromatic heterocycles. The van der Waals surface area contributed by atoms with Gasteiger partial charge in [-0.3, -0.25) is 0 Å². The van der Waals surface area contributed by atoms with Crippen LogP contribution in [0.2, 0.25) is 0 Å². The molecule has 0 radical (unpaired) electrons. The monoisotopic (exact) mass is 292 g/mol. The van der Waals surface area contributed by atoms with E-state index >= 15 is 0 Å². The molecule has 2 unspecified atom stereocenters. The SMILES string of the molecule is CCCc1ccccc1NC(=O)N1CC(O)CC1C(=O)O. The van der Waals surface area contributed by atoms with Gasteiger partial charge in [0.05, 0.1) is 6.10 Å². The minimum absolute atomic E-state index is 0.0404. The smallest absolute Gasteiger partial charge is 0.326 e. The van der Waals surface area contributed by atoms with E-state index in [0.29, 0.717) is 5.69 Å². The minimum atomic E-state index is -1.09. The average Bonchev–Trinajstić information content (AvgIpc) is 2.84. The molecular weight excluding hydrogens is 272 g/mol. The van der Waals surface area contributed by atoms with E-state index in [0.717, 1.165) is 18.4 Å². The van der Waals surface area contributed by atoms with Gasteiger partial charge in [-0.1, -0.05) is 31.5 Å². The third kappa shape index (κ3) is 3.52. The fraction of sp³-hybridized carbons (Fsp3) is 0.467. The molecule has 0 bridgehead atoms. The summed E-state index contributed by atoms with van der Waals surface area (Å²) < 4.78 is 0. The summed E-state index contributed by atoms with van der Waals surface area (Å²) in [4.78, 5) is 24.6. The number of carbonyl (C=O) groups excluding carboxylic acids is 1. The molecule has 0 aliphatic carbocycles. The number of carboxylic acid groups (broad SMARTS) is 1. The molecule has 3 N–H and O–H groups in total. The molecule has 114 valence electrons. The van der Waals surface area contributed by atoms with Crippen molar-refractivity contribution in [2.24, 2.45) is 0 Å². The van der Waals surface area contributed by atoms with E-state index in [-0.39, 0.29) is 13.0 Å². The zero-order valence-electron chi connectivity index (χ0n) is 12.0. The van der Waals surface area contributed by atoms with E-state index in [9.17, 15) is 14.7 Å². The van der Waals surface area contributed by atoms with Gasteiger partial charge in [0.1, 0.15) is 6.04 Å². The summed E-state index contributed by atoms with van der Waals surface area (Å²) >= 11 is 0. The third-order valence-corrected chi connectivity index (χ3v) is 3.60. The van der Waals surface area contributed by atoms with Crippen LogP contribution in [0.15, 0.2) is 24.3 Å². The van der Waals surface area contributed by atoms with Crippen LogP contribution in [0, 0.1) is 0 Å². The van der Waals surface area contributed by atoms with Crippen LogP contribution >= 0.6 is 0 Å². The van der Waals surface area contributed by atoms with Crippen molar-refractivity contribution in [1.29, 1.82) is 0 Å². The molecule has 1 aliphatic rings. The lowest BCUT2D eigenvalue weighted by Gasteiger charge is -2.22. The molecule has 6 heteroatoms. The Morgan fingerprint density at radius 3 is 2.76 bits per heavy atom. The number of nitrogens with zero attached hydrogens (tertiary/aromatic N) is 1. The van der Waals surface area contributed by atoms with Crippen LogP contribution in [0.25, 0.3) is 0 Å². The highest BCUT2D eigenvalue weighted by molar-refractivity contribution is 5.93. The fourth-order valence-corrected chi connectivity index (χ4v) is 2.59. The number of amides is 2. The fourth-order valence-electron chi connectivity index (χ4n) is 2.59. The molecule has 6 nitrogen and oxygen atoms in total. The van der Waals surface area contributed by atoms with Crippen molar-refractivity contribution in [2.75, 3.05) is 11.9 Å². The average molecular weight is 292 g/mol. The van der Waals surface area contributed by atoms with Crippen LogP contribution < -0.4 is 5.32 Å². The number of aryl methyl sites for hydroxylation is 1. The van der Waals surface area contributed by atoms with E-state index in [1.165, 1.54) is 4.90 Å². The van der Waals surface area contributed by atoms with Gasteiger partial charge in [0.2, 0.25) is 0 Å². The minimum Gasteiger partial charge on any atom is -0.480 e. The summed E-state index contributed by atoms with van der Waals surface area (Å²) in [5.41, 5.74) is 1.70. The van der Waals surface area contributed by atoms with Gasteiger partial charge in [-0.05, 0) is 18.1 Å². The summed E-state index contributed by atoms with van der Waals surface area (Å²) in [7, 11) is 0. The molecule has 2 atom stereocenters. The first kappa shape index (κ1) is 15.3. The second-order valence-corrected chi connectivity index (χ2v) is 5.23. The van der Waals surface area contributed by atoms with Crippen molar-refractivity contribution >= 4 is 17.7 Å². The Morgan fingerprint density at radius 2 is 2.10 bits per heavy atom. The topological polar surface area (TPSA) is 89.9 Å². The number of aliphatic carboxylic acids is 1. The molecule has 1 aliphatic heterocycles. The molecular formula is C15H20N2O4. The molecule has 0 saturated carbocycles. The lowest BCUT2D eigenvalue weighted by molar-refractivity contribution is -0.141. The standard InChI is InChI=1S/C15H20N2O4/c1-2-5-10-6-3-4-7-12(10)16-15(21)17-9-11(18)8-13(17)14(19)20/h3-4,6-7,11,13,18H,2,5,8-9H2,1H3,(H,16,21)(H,19,20). The molecule has 1 heterocycles. The van der Waals surface area contributed by atoms with Crippen molar-refractivity contribution < 1.29 is 19.8 Å². The number of β-amino-alcohol motifs (C(OH)–C–C–N with tert-alkyl or cyclic N) is 1. The number of aliphatic hydroxyl groups excluding tert-OH is 1. The quantitative estimate of drug-likeness (QED) is 0.787. The summed E-state index contributed by atoms with van der Waals surface area (Å²) in [5.74, 6) is -1.09. The van der Waals surface area contributed by atoms with Gasteiger partial charge in [-0.25, -0.2) is 9.59 Å². The van der Waals surface area contributed by atoms with Crippen molar-refractivity contribution in [3.63, 3.8) is 0 Å². The Hall–Kier alpha value is -2.08. The molecule has 2 amide bonds. The van der Waals surface area contributed by atoms with Crippen molar-refractivity contribution in [3.05, 3.63) is 29.8 Å². The van der Waals surface area contributed by atoms with E-state index < -0.39 is 24.1 Å². The summed E-state index contributed by atoms with van der Waals surface area (Å²) in [6.45, 7) is 2.09. The normalized spacial score (nSPS) is 21.3. The maximum atomic E-state index is 12.3. The number of aliphatic hydroxyl groups is 1. The van der Waals surface area contributed by atoms with Crippen molar-refractivity contribution in [3.8, 4) is 0 Å². The highest BCUT2D eigenvalue weighted by atomic mass is 16.4. The van der Waals surface area contributed by atoms with E-state index in [4.69, 9.17) is 5.11 Å². The molecule has 2 rings (SSSR count). The number of rotatable bonds is 4. The molecule has 1 aromatic rings. The number of carboxylic acids is 1. The zero-order chi connectivity index (χ0) is 15.4. The highest BCUT2D eigenvalue weighted by Crippen LogP contribution is 2.22. The van der Waals surface area contributed by atoms with E-state index in [2.05, 4.69) is 12.2 Å². The van der Waals surface area contributed by atoms with Crippen LogP contribution in [0.1, 0.15) is 25.3 Å². The number of likely N-dealkylation sites (tertiary alicyclic amines) is 1. The lowest BCUT2D eigenvalue weighted by Crippen LogP contribution is -2.43. The van der Waals surface area contributed by atoms with Crippen molar-refractivity contribution in [1.82, 2.24) is 4.90 Å². The van der Waals surface area contributed by atoms with Gasteiger partial charge in [0.25, 0.3) is 0 Å². The van der Waals surface area contributed by atoms with Gasteiger partial charge in [0, 0.05) is 18.7 Å². The number of nitrogens with one attached hydrogen (secondary N) is 1. The van der Waals surface area contributed by atoms with Gasteiger partial charge in [-0.15, -0.1) is 0 Å². The number of hydrogen-bond acceptors (Lipinski definition) is 3. The Bertz CT molecular complexity index is 532. The van der Waals surface area contributed by atoms with Crippen LogP contribution in [-0.2, 0) is 11.2 Å². The number of anilines is 1. The Morgan fingerprint density at radius 1 is 1.38 bits per heavy atom. The van der Waals surface area contributed by atoms with Gasteiger partial charge in [-0.2, -0.15) is 0 Å².